The van der Waals surface area contributed by atoms with E-state index in [9.17, 15) is 18.0 Å². The first-order chi connectivity index (χ1) is 18.8. The highest BCUT2D eigenvalue weighted by molar-refractivity contribution is 5.91. The van der Waals surface area contributed by atoms with Gasteiger partial charge in [0.15, 0.2) is 23.2 Å². The molecule has 0 aromatic heterocycles. The Bertz CT molecular complexity index is 1280. The second kappa shape index (κ2) is 13.1. The number of esters is 1. The van der Waals surface area contributed by atoms with Crippen LogP contribution in [0.5, 0.6) is 11.5 Å². The first-order valence-corrected chi connectivity index (χ1v) is 13.7. The van der Waals surface area contributed by atoms with Gasteiger partial charge in [-0.1, -0.05) is 50.8 Å². The van der Waals surface area contributed by atoms with Crippen molar-refractivity contribution in [2.24, 2.45) is 5.92 Å². The monoisotopic (exact) mass is 542 g/mol. The van der Waals surface area contributed by atoms with E-state index in [-0.39, 0.29) is 29.6 Å². The molecule has 0 unspecified atom stereocenters. The summed E-state index contributed by atoms with van der Waals surface area (Å²) in [6.07, 6.45) is 8.43. The van der Waals surface area contributed by atoms with Crippen molar-refractivity contribution in [3.63, 3.8) is 0 Å². The van der Waals surface area contributed by atoms with Crippen molar-refractivity contribution in [1.82, 2.24) is 0 Å². The molecule has 7 heteroatoms. The zero-order valence-corrected chi connectivity index (χ0v) is 22.4. The molecule has 1 aliphatic rings. The van der Waals surface area contributed by atoms with Gasteiger partial charge in [0.25, 0.3) is 0 Å². The predicted octanol–water partition coefficient (Wildman–Crippen LogP) is 9.38. The van der Waals surface area contributed by atoms with E-state index in [2.05, 4.69) is 6.92 Å². The van der Waals surface area contributed by atoms with Crippen molar-refractivity contribution in [2.45, 2.75) is 71.1 Å². The van der Waals surface area contributed by atoms with Crippen LogP contribution in [0.3, 0.4) is 0 Å². The maximum Gasteiger partial charge on any atom is 0.346 e. The highest BCUT2D eigenvalue weighted by atomic mass is 19.2. The molecule has 3 aromatic carbocycles. The summed E-state index contributed by atoms with van der Waals surface area (Å²) in [7, 11) is 0. The Morgan fingerprint density at radius 1 is 0.795 bits per heavy atom. The third-order valence-corrected chi connectivity index (χ3v) is 7.56. The summed E-state index contributed by atoms with van der Waals surface area (Å²) in [6, 6.07) is 11.1. The largest absolute Gasteiger partial charge is 0.491 e. The standard InChI is InChI=1S/C32H34F4O3/c1-3-5-6-7-20-8-10-21(11-9-20)24-16-17-26(30(35)28(24)33)32(37)39-23-14-12-22(13-15-23)25-18-19-27(38-4-2)31(36)29(25)34/h12-21H,3-11H2,1-2H3. The molecule has 208 valence electrons. The number of halogens is 4. The van der Waals surface area contributed by atoms with Crippen LogP contribution < -0.4 is 9.47 Å². The summed E-state index contributed by atoms with van der Waals surface area (Å²) in [5.74, 6) is -4.95. The quantitative estimate of drug-likeness (QED) is 0.111. The highest BCUT2D eigenvalue weighted by Crippen LogP contribution is 2.39. The molecule has 0 N–H and O–H groups in total. The Kier molecular flexibility index (Phi) is 9.65. The normalized spacial score (nSPS) is 17.2. The van der Waals surface area contributed by atoms with E-state index in [0.29, 0.717) is 17.0 Å². The number of hydrogen-bond acceptors (Lipinski definition) is 3. The average Bonchev–Trinajstić information content (AvgIpc) is 2.94. The Balaban J connectivity index is 1.41. The Morgan fingerprint density at radius 3 is 2.18 bits per heavy atom. The number of carbonyl (C=O) groups is 1. The lowest BCUT2D eigenvalue weighted by Gasteiger charge is -2.29. The zero-order chi connectivity index (χ0) is 27.9. The maximum atomic E-state index is 15.0. The van der Waals surface area contributed by atoms with Crippen LogP contribution in [0.15, 0.2) is 48.5 Å². The molecule has 0 amide bonds. The smallest absolute Gasteiger partial charge is 0.346 e. The Labute approximate surface area is 227 Å². The molecule has 0 spiro atoms. The van der Waals surface area contributed by atoms with Gasteiger partial charge in [-0.15, -0.1) is 0 Å². The van der Waals surface area contributed by atoms with Crippen molar-refractivity contribution in [3.8, 4) is 22.6 Å². The van der Waals surface area contributed by atoms with Crippen molar-refractivity contribution in [2.75, 3.05) is 6.61 Å². The number of ether oxygens (including phenoxy) is 2. The third kappa shape index (κ3) is 6.63. The minimum absolute atomic E-state index is 0.00697. The zero-order valence-electron chi connectivity index (χ0n) is 22.4. The van der Waals surface area contributed by atoms with Gasteiger partial charge in [0.1, 0.15) is 5.75 Å². The van der Waals surface area contributed by atoms with E-state index in [4.69, 9.17) is 9.47 Å². The molecule has 0 atom stereocenters. The predicted molar refractivity (Wildman–Crippen MR) is 143 cm³/mol. The summed E-state index contributed by atoms with van der Waals surface area (Å²) < 4.78 is 69.0. The molecule has 0 aliphatic heterocycles. The van der Waals surface area contributed by atoms with E-state index in [1.54, 1.807) is 6.92 Å². The van der Waals surface area contributed by atoms with Crippen LogP contribution in [-0.2, 0) is 0 Å². The average molecular weight is 543 g/mol. The van der Waals surface area contributed by atoms with Crippen LogP contribution >= 0.6 is 0 Å². The molecule has 0 radical (unpaired) electrons. The topological polar surface area (TPSA) is 35.5 Å². The summed E-state index contributed by atoms with van der Waals surface area (Å²) >= 11 is 0. The van der Waals surface area contributed by atoms with Gasteiger partial charge in [-0.25, -0.2) is 18.0 Å². The number of benzene rings is 3. The van der Waals surface area contributed by atoms with Crippen molar-refractivity contribution >= 4 is 5.97 Å². The molecular formula is C32H34F4O3. The molecule has 1 saturated carbocycles. The fourth-order valence-corrected chi connectivity index (χ4v) is 5.37. The molecule has 1 fully saturated rings. The van der Waals surface area contributed by atoms with Crippen LogP contribution in [0, 0.1) is 29.2 Å². The molecule has 39 heavy (non-hydrogen) atoms. The van der Waals surface area contributed by atoms with E-state index in [1.807, 2.05) is 0 Å². The van der Waals surface area contributed by atoms with Gasteiger partial charge in [0.2, 0.25) is 5.82 Å². The SMILES string of the molecule is CCCCCC1CCC(c2ccc(C(=O)Oc3ccc(-c4ccc(OCC)c(F)c4F)cc3)c(F)c2F)CC1. The number of unbranched alkanes of at least 4 members (excludes halogenated alkanes) is 2. The van der Waals surface area contributed by atoms with Gasteiger partial charge in [0, 0.05) is 5.56 Å². The lowest BCUT2D eigenvalue weighted by atomic mass is 9.76. The summed E-state index contributed by atoms with van der Waals surface area (Å²) in [6.45, 7) is 4.05. The molecule has 1 aliphatic carbocycles. The number of carbonyl (C=O) groups excluding carboxylic acids is 1. The van der Waals surface area contributed by atoms with Gasteiger partial charge in [0.05, 0.1) is 12.2 Å². The van der Waals surface area contributed by atoms with Crippen LogP contribution in [-0.4, -0.2) is 12.6 Å². The maximum absolute atomic E-state index is 15.0. The van der Waals surface area contributed by atoms with Crippen LogP contribution in [0.2, 0.25) is 0 Å². The van der Waals surface area contributed by atoms with E-state index in [0.717, 1.165) is 25.7 Å². The lowest BCUT2D eigenvalue weighted by Crippen LogP contribution is -2.17. The molecule has 3 aromatic rings. The van der Waals surface area contributed by atoms with Gasteiger partial charge >= 0.3 is 5.97 Å². The molecule has 0 saturated heterocycles. The van der Waals surface area contributed by atoms with Gasteiger partial charge in [-0.05, 0) is 85.9 Å². The third-order valence-electron chi connectivity index (χ3n) is 7.56. The summed E-state index contributed by atoms with van der Waals surface area (Å²) in [5, 5.41) is 0. The lowest BCUT2D eigenvalue weighted by molar-refractivity contribution is 0.0728. The van der Waals surface area contributed by atoms with E-state index in [1.165, 1.54) is 74.2 Å². The van der Waals surface area contributed by atoms with Crippen LogP contribution in [0.4, 0.5) is 17.6 Å². The first-order valence-electron chi connectivity index (χ1n) is 13.7. The molecule has 4 rings (SSSR count). The van der Waals surface area contributed by atoms with Gasteiger partial charge in [-0.2, -0.15) is 4.39 Å². The van der Waals surface area contributed by atoms with Crippen molar-refractivity contribution in [1.29, 1.82) is 0 Å². The highest BCUT2D eigenvalue weighted by Gasteiger charge is 2.28. The van der Waals surface area contributed by atoms with Crippen LogP contribution in [0.25, 0.3) is 11.1 Å². The summed E-state index contributed by atoms with van der Waals surface area (Å²) in [4.78, 5) is 12.6. The molecule has 0 bridgehead atoms. The minimum atomic E-state index is -1.22. The van der Waals surface area contributed by atoms with Crippen molar-refractivity contribution < 1.29 is 31.8 Å². The Hall–Kier alpha value is -3.35. The van der Waals surface area contributed by atoms with Gasteiger partial charge in [-0.3, -0.25) is 0 Å². The Morgan fingerprint density at radius 2 is 1.51 bits per heavy atom. The van der Waals surface area contributed by atoms with Crippen molar-refractivity contribution in [3.05, 3.63) is 82.9 Å². The minimum Gasteiger partial charge on any atom is -0.491 e. The first kappa shape index (κ1) is 28.7. The fraction of sp³-hybridized carbons (Fsp3) is 0.406. The molecular weight excluding hydrogens is 508 g/mol. The molecule has 0 heterocycles. The van der Waals surface area contributed by atoms with E-state index < -0.39 is 34.8 Å². The molecule has 3 nitrogen and oxygen atoms in total. The van der Waals surface area contributed by atoms with Gasteiger partial charge < -0.3 is 9.47 Å². The summed E-state index contributed by atoms with van der Waals surface area (Å²) in [5.41, 5.74) is 0.168. The second-order valence-electron chi connectivity index (χ2n) is 10.1. The van der Waals surface area contributed by atoms with E-state index >= 15 is 4.39 Å². The number of hydrogen-bond donors (Lipinski definition) is 0. The second-order valence-corrected chi connectivity index (χ2v) is 10.1. The number of rotatable bonds is 10. The fourth-order valence-electron chi connectivity index (χ4n) is 5.37. The van der Waals surface area contributed by atoms with Crippen LogP contribution in [0.1, 0.15) is 87.1 Å².